The summed E-state index contributed by atoms with van der Waals surface area (Å²) in [6.07, 6.45) is 0.733. The molecule has 1 aromatic carbocycles. The van der Waals surface area contributed by atoms with Crippen LogP contribution in [0, 0.1) is 23.2 Å². The Bertz CT molecular complexity index is 376. The van der Waals surface area contributed by atoms with Crippen LogP contribution in [0.3, 0.4) is 0 Å². The summed E-state index contributed by atoms with van der Waals surface area (Å²) in [7, 11) is 0. The fourth-order valence-corrected chi connectivity index (χ4v) is 0.971. The van der Waals surface area contributed by atoms with Gasteiger partial charge in [-0.3, -0.25) is 0 Å². The van der Waals surface area contributed by atoms with Crippen molar-refractivity contribution in [1.82, 2.24) is 0 Å². The second-order valence-electron chi connectivity index (χ2n) is 2.66. The van der Waals surface area contributed by atoms with Gasteiger partial charge in [-0.2, -0.15) is 5.26 Å². The van der Waals surface area contributed by atoms with E-state index in [0.717, 1.165) is 12.2 Å². The second kappa shape index (κ2) is 5.67. The molecule has 0 radical (unpaired) electrons. The number of rotatable bonds is 3. The van der Waals surface area contributed by atoms with Crippen LogP contribution in [0.2, 0.25) is 0 Å². The van der Waals surface area contributed by atoms with E-state index in [-0.39, 0.29) is 0 Å². The third kappa shape index (κ3) is 3.21. The molecule has 0 atom stereocenters. The molecule has 70 valence electrons. The maximum atomic E-state index is 8.57. The van der Waals surface area contributed by atoms with Crippen molar-refractivity contribution in [3.8, 4) is 23.7 Å². The van der Waals surface area contributed by atoms with E-state index >= 15 is 0 Å². The third-order valence-corrected chi connectivity index (χ3v) is 1.66. The van der Waals surface area contributed by atoms with Crippen molar-refractivity contribution in [3.63, 3.8) is 0 Å². The normalized spacial score (nSPS) is 8.29. The molecular weight excluding hydrogens is 174 g/mol. The highest BCUT2D eigenvalue weighted by molar-refractivity contribution is 5.34. The van der Waals surface area contributed by atoms with Crippen LogP contribution >= 0.6 is 0 Å². The molecule has 0 aromatic heterocycles. The molecule has 0 amide bonds. The molecular formula is C12H11NO. The smallest absolute Gasteiger partial charge is 0.119 e. The van der Waals surface area contributed by atoms with E-state index in [1.807, 2.05) is 6.92 Å². The average Bonchev–Trinajstić information content (AvgIpc) is 2.25. The zero-order chi connectivity index (χ0) is 10.2. The first-order valence-electron chi connectivity index (χ1n) is 4.39. The Morgan fingerprint density at radius 1 is 1.29 bits per heavy atom. The summed E-state index contributed by atoms with van der Waals surface area (Å²) in [6.45, 7) is 2.40. The van der Waals surface area contributed by atoms with Crippen molar-refractivity contribution in [2.45, 2.75) is 13.3 Å². The summed E-state index contributed by atoms with van der Waals surface area (Å²) in [4.78, 5) is 0. The number of hydrogen-bond donors (Lipinski definition) is 0. The number of nitriles is 1. The molecule has 0 fully saturated rings. The van der Waals surface area contributed by atoms with E-state index in [0.29, 0.717) is 12.2 Å². The van der Waals surface area contributed by atoms with Crippen molar-refractivity contribution in [2.24, 2.45) is 0 Å². The summed E-state index contributed by atoms with van der Waals surface area (Å²) in [6, 6.07) is 9.11. The van der Waals surface area contributed by atoms with Crippen LogP contribution in [0.15, 0.2) is 24.3 Å². The van der Waals surface area contributed by atoms with Gasteiger partial charge in [0.05, 0.1) is 18.2 Å². The van der Waals surface area contributed by atoms with E-state index in [4.69, 9.17) is 10.00 Å². The quantitative estimate of drug-likeness (QED) is 0.535. The Kier molecular flexibility index (Phi) is 4.11. The molecule has 0 saturated heterocycles. The van der Waals surface area contributed by atoms with Gasteiger partial charge in [0.25, 0.3) is 0 Å². The van der Waals surface area contributed by atoms with Crippen LogP contribution in [-0.2, 0) is 0 Å². The highest BCUT2D eigenvalue weighted by Gasteiger charge is 1.92. The first-order chi connectivity index (χ1) is 6.86. The topological polar surface area (TPSA) is 33.0 Å². The third-order valence-electron chi connectivity index (χ3n) is 1.66. The zero-order valence-electron chi connectivity index (χ0n) is 8.08. The number of hydrogen-bond acceptors (Lipinski definition) is 2. The second-order valence-corrected chi connectivity index (χ2v) is 2.66. The van der Waals surface area contributed by atoms with E-state index in [9.17, 15) is 0 Å². The lowest BCUT2D eigenvalue weighted by atomic mass is 10.2. The molecule has 2 heteroatoms. The summed E-state index contributed by atoms with van der Waals surface area (Å²) >= 11 is 0. The van der Waals surface area contributed by atoms with Gasteiger partial charge in [0, 0.05) is 6.42 Å². The highest BCUT2D eigenvalue weighted by atomic mass is 16.5. The van der Waals surface area contributed by atoms with Gasteiger partial charge in [0.2, 0.25) is 0 Å². The van der Waals surface area contributed by atoms with Gasteiger partial charge < -0.3 is 4.74 Å². The molecule has 0 aliphatic rings. The maximum absolute atomic E-state index is 8.57. The zero-order valence-corrected chi connectivity index (χ0v) is 8.08. The first kappa shape index (κ1) is 10.2. The monoisotopic (exact) mass is 185 g/mol. The number of ether oxygens (including phenoxy) is 1. The van der Waals surface area contributed by atoms with Crippen molar-refractivity contribution in [1.29, 1.82) is 5.26 Å². The SMILES string of the molecule is CC#CCCOc1ccc(C#N)cc1. The van der Waals surface area contributed by atoms with Crippen LogP contribution in [0.1, 0.15) is 18.9 Å². The Morgan fingerprint density at radius 2 is 2.00 bits per heavy atom. The fraction of sp³-hybridized carbons (Fsp3) is 0.250. The molecule has 0 saturated carbocycles. The Morgan fingerprint density at radius 3 is 2.57 bits per heavy atom. The van der Waals surface area contributed by atoms with Gasteiger partial charge in [-0.15, -0.1) is 11.8 Å². The molecule has 0 unspecified atom stereocenters. The molecule has 0 bridgehead atoms. The van der Waals surface area contributed by atoms with Crippen LogP contribution in [0.5, 0.6) is 5.75 Å². The summed E-state index contributed by atoms with van der Waals surface area (Å²) in [5, 5.41) is 8.57. The first-order valence-corrected chi connectivity index (χ1v) is 4.39. The van der Waals surface area contributed by atoms with Crippen LogP contribution in [0.4, 0.5) is 0 Å². The molecule has 0 aliphatic carbocycles. The number of nitrogens with zero attached hydrogens (tertiary/aromatic N) is 1. The van der Waals surface area contributed by atoms with Crippen molar-refractivity contribution in [3.05, 3.63) is 29.8 Å². The minimum Gasteiger partial charge on any atom is -0.493 e. The van der Waals surface area contributed by atoms with Gasteiger partial charge in [-0.25, -0.2) is 0 Å². The molecule has 1 rings (SSSR count). The van der Waals surface area contributed by atoms with E-state index in [2.05, 4.69) is 17.9 Å². The molecule has 0 aliphatic heterocycles. The Balaban J connectivity index is 2.43. The van der Waals surface area contributed by atoms with Crippen LogP contribution in [0.25, 0.3) is 0 Å². The predicted molar refractivity (Wildman–Crippen MR) is 54.7 cm³/mol. The summed E-state index contributed by atoms with van der Waals surface area (Å²) in [5.41, 5.74) is 0.644. The lowest BCUT2D eigenvalue weighted by Gasteiger charge is -2.02. The van der Waals surface area contributed by atoms with Gasteiger partial charge >= 0.3 is 0 Å². The molecule has 14 heavy (non-hydrogen) atoms. The maximum Gasteiger partial charge on any atom is 0.119 e. The van der Waals surface area contributed by atoms with Gasteiger partial charge in [-0.05, 0) is 31.2 Å². The van der Waals surface area contributed by atoms with Crippen molar-refractivity contribution < 1.29 is 4.74 Å². The molecule has 0 spiro atoms. The van der Waals surface area contributed by atoms with Gasteiger partial charge in [0.15, 0.2) is 0 Å². The number of benzene rings is 1. The largest absolute Gasteiger partial charge is 0.493 e. The average molecular weight is 185 g/mol. The van der Waals surface area contributed by atoms with Crippen molar-refractivity contribution in [2.75, 3.05) is 6.61 Å². The van der Waals surface area contributed by atoms with Gasteiger partial charge in [0.1, 0.15) is 5.75 Å². The fourth-order valence-electron chi connectivity index (χ4n) is 0.971. The Labute approximate surface area is 84.1 Å². The van der Waals surface area contributed by atoms with E-state index in [1.54, 1.807) is 24.3 Å². The lowest BCUT2D eigenvalue weighted by Crippen LogP contribution is -1.95. The molecule has 0 N–H and O–H groups in total. The predicted octanol–water partition coefficient (Wildman–Crippen LogP) is 2.35. The summed E-state index contributed by atoms with van der Waals surface area (Å²) in [5.74, 6) is 6.49. The molecule has 0 heterocycles. The standard InChI is InChI=1S/C12H11NO/c1-2-3-4-9-14-12-7-5-11(10-13)6-8-12/h5-8H,4,9H2,1H3. The van der Waals surface area contributed by atoms with Crippen LogP contribution < -0.4 is 4.74 Å². The lowest BCUT2D eigenvalue weighted by molar-refractivity contribution is 0.327. The minimum atomic E-state index is 0.590. The summed E-state index contributed by atoms with van der Waals surface area (Å²) < 4.78 is 5.40. The van der Waals surface area contributed by atoms with Gasteiger partial charge in [-0.1, -0.05) is 0 Å². The van der Waals surface area contributed by atoms with E-state index < -0.39 is 0 Å². The van der Waals surface area contributed by atoms with Crippen molar-refractivity contribution >= 4 is 0 Å². The Hall–Kier alpha value is -1.93. The van der Waals surface area contributed by atoms with Crippen LogP contribution in [-0.4, -0.2) is 6.61 Å². The minimum absolute atomic E-state index is 0.590. The molecule has 1 aromatic rings. The van der Waals surface area contributed by atoms with E-state index in [1.165, 1.54) is 0 Å². The molecule has 2 nitrogen and oxygen atoms in total. The highest BCUT2D eigenvalue weighted by Crippen LogP contribution is 2.11.